The highest BCUT2D eigenvalue weighted by atomic mass is 16.5. The number of nitrogens with zero attached hydrogens (tertiary/aromatic N) is 2. The molecule has 0 saturated carbocycles. The molecule has 0 saturated heterocycles. The summed E-state index contributed by atoms with van der Waals surface area (Å²) in [6.45, 7) is 0.831. The average Bonchev–Trinajstić information content (AvgIpc) is 2.91. The van der Waals surface area contributed by atoms with E-state index in [4.69, 9.17) is 14.5 Å². The van der Waals surface area contributed by atoms with Gasteiger partial charge in [0.15, 0.2) is 11.5 Å². The van der Waals surface area contributed by atoms with Crippen molar-refractivity contribution in [2.45, 2.75) is 13.0 Å². The predicted octanol–water partition coefficient (Wildman–Crippen LogP) is 2.98. The number of imidazole rings is 1. The molecular weight excluding hydrogens is 280 g/mol. The first-order chi connectivity index (χ1) is 10.7. The summed E-state index contributed by atoms with van der Waals surface area (Å²) in [7, 11) is 3.28. The van der Waals surface area contributed by atoms with Gasteiger partial charge in [0.25, 0.3) is 0 Å². The molecule has 0 amide bonds. The lowest BCUT2D eigenvalue weighted by atomic mass is 9.99. The van der Waals surface area contributed by atoms with Gasteiger partial charge >= 0.3 is 0 Å². The van der Waals surface area contributed by atoms with Crippen LogP contribution in [0, 0.1) is 0 Å². The highest BCUT2D eigenvalue weighted by Crippen LogP contribution is 2.39. The molecule has 1 aromatic heterocycles. The summed E-state index contributed by atoms with van der Waals surface area (Å²) in [5.41, 5.74) is 4.09. The number of phenols is 1. The second-order valence-corrected chi connectivity index (χ2v) is 5.37. The highest BCUT2D eigenvalue weighted by Gasteiger charge is 2.23. The average molecular weight is 296 g/mol. The van der Waals surface area contributed by atoms with E-state index in [0.717, 1.165) is 41.1 Å². The number of ether oxygens (including phenoxy) is 2. The molecule has 1 N–H and O–H groups in total. The van der Waals surface area contributed by atoms with E-state index >= 15 is 0 Å². The van der Waals surface area contributed by atoms with Crippen molar-refractivity contribution in [3.8, 4) is 28.6 Å². The summed E-state index contributed by atoms with van der Waals surface area (Å²) in [4.78, 5) is 4.72. The van der Waals surface area contributed by atoms with Crippen LogP contribution in [0.2, 0.25) is 0 Å². The molecule has 2 aromatic carbocycles. The van der Waals surface area contributed by atoms with Crippen LogP contribution < -0.4 is 9.47 Å². The quantitative estimate of drug-likeness (QED) is 0.790. The van der Waals surface area contributed by atoms with Crippen LogP contribution in [0.3, 0.4) is 0 Å². The monoisotopic (exact) mass is 296 g/mol. The fourth-order valence-corrected chi connectivity index (χ4v) is 3.11. The molecule has 0 bridgehead atoms. The summed E-state index contributed by atoms with van der Waals surface area (Å²) < 4.78 is 12.9. The van der Waals surface area contributed by atoms with Gasteiger partial charge in [-0.15, -0.1) is 0 Å². The molecule has 5 nitrogen and oxygen atoms in total. The molecule has 4 rings (SSSR count). The van der Waals surface area contributed by atoms with Crippen LogP contribution in [0.1, 0.15) is 5.56 Å². The number of fused-ring (bicyclic) bond motifs is 5. The van der Waals surface area contributed by atoms with Gasteiger partial charge in [0.1, 0.15) is 11.6 Å². The van der Waals surface area contributed by atoms with Gasteiger partial charge in [0, 0.05) is 18.2 Å². The Morgan fingerprint density at radius 3 is 2.64 bits per heavy atom. The number of hydrogen-bond acceptors (Lipinski definition) is 4. The zero-order chi connectivity index (χ0) is 15.3. The molecule has 0 aliphatic carbocycles. The number of aromatic nitrogens is 2. The summed E-state index contributed by atoms with van der Waals surface area (Å²) in [5.74, 6) is 2.60. The first kappa shape index (κ1) is 13.0. The highest BCUT2D eigenvalue weighted by molar-refractivity contribution is 5.83. The summed E-state index contributed by atoms with van der Waals surface area (Å²) in [5, 5.41) is 9.72. The topological polar surface area (TPSA) is 56.5 Å². The van der Waals surface area contributed by atoms with Crippen molar-refractivity contribution in [2.24, 2.45) is 0 Å². The number of aromatic hydroxyl groups is 1. The number of methoxy groups -OCH3 is 2. The molecule has 2 heterocycles. The molecule has 0 radical (unpaired) electrons. The fraction of sp³-hybridized carbons (Fsp3) is 0.235. The zero-order valence-electron chi connectivity index (χ0n) is 12.5. The van der Waals surface area contributed by atoms with Crippen molar-refractivity contribution in [1.82, 2.24) is 9.55 Å². The first-order valence-corrected chi connectivity index (χ1v) is 7.16. The predicted molar refractivity (Wildman–Crippen MR) is 83.6 cm³/mol. The van der Waals surface area contributed by atoms with Crippen molar-refractivity contribution < 1.29 is 14.6 Å². The molecule has 3 aromatic rings. The minimum Gasteiger partial charge on any atom is -0.508 e. The molecular formula is C17H16N2O3. The van der Waals surface area contributed by atoms with Crippen LogP contribution in [0.25, 0.3) is 22.4 Å². The maximum atomic E-state index is 9.72. The third-order valence-electron chi connectivity index (χ3n) is 4.19. The smallest absolute Gasteiger partial charge is 0.161 e. The Morgan fingerprint density at radius 2 is 1.86 bits per heavy atom. The van der Waals surface area contributed by atoms with Crippen LogP contribution in [0.5, 0.6) is 17.2 Å². The largest absolute Gasteiger partial charge is 0.508 e. The number of rotatable bonds is 2. The second kappa shape index (κ2) is 4.66. The lowest BCUT2D eigenvalue weighted by Gasteiger charge is -2.20. The first-order valence-electron chi connectivity index (χ1n) is 7.16. The Labute approximate surface area is 127 Å². The van der Waals surface area contributed by atoms with Gasteiger partial charge in [0.2, 0.25) is 0 Å². The van der Waals surface area contributed by atoms with E-state index in [1.807, 2.05) is 18.2 Å². The Morgan fingerprint density at radius 1 is 1.09 bits per heavy atom. The molecule has 0 unspecified atom stereocenters. The SMILES string of the molecule is COc1cc2c(cc1OC)-c1nc3ccc(O)cc3n1CC2. The van der Waals surface area contributed by atoms with E-state index in [-0.39, 0.29) is 5.75 Å². The molecule has 0 atom stereocenters. The third-order valence-corrected chi connectivity index (χ3v) is 4.19. The zero-order valence-corrected chi connectivity index (χ0v) is 12.5. The van der Waals surface area contributed by atoms with Crippen molar-refractivity contribution in [1.29, 1.82) is 0 Å². The van der Waals surface area contributed by atoms with Gasteiger partial charge in [0.05, 0.1) is 25.3 Å². The Bertz CT molecular complexity index is 883. The second-order valence-electron chi connectivity index (χ2n) is 5.37. The Balaban J connectivity index is 1.99. The fourth-order valence-electron chi connectivity index (χ4n) is 3.11. The standard InChI is InChI=1S/C17H16N2O3/c1-21-15-7-10-5-6-19-14-8-11(20)3-4-13(14)18-17(19)12(10)9-16(15)22-2/h3-4,7-9,20H,5-6H2,1-2H3. The van der Waals surface area contributed by atoms with Crippen LogP contribution in [-0.4, -0.2) is 28.9 Å². The van der Waals surface area contributed by atoms with Gasteiger partial charge in [-0.2, -0.15) is 0 Å². The van der Waals surface area contributed by atoms with Crippen molar-refractivity contribution in [3.05, 3.63) is 35.9 Å². The van der Waals surface area contributed by atoms with Gasteiger partial charge in [-0.05, 0) is 36.2 Å². The Hall–Kier alpha value is -2.69. The van der Waals surface area contributed by atoms with Crippen molar-refractivity contribution in [3.63, 3.8) is 0 Å². The van der Waals surface area contributed by atoms with Crippen LogP contribution in [0.4, 0.5) is 0 Å². The summed E-state index contributed by atoms with van der Waals surface area (Å²) in [6, 6.07) is 9.27. The number of hydrogen-bond donors (Lipinski definition) is 1. The molecule has 112 valence electrons. The third kappa shape index (κ3) is 1.75. The normalized spacial score (nSPS) is 12.8. The number of benzene rings is 2. The summed E-state index contributed by atoms with van der Waals surface area (Å²) >= 11 is 0. The molecule has 22 heavy (non-hydrogen) atoms. The van der Waals surface area contributed by atoms with Gasteiger partial charge < -0.3 is 19.1 Å². The van der Waals surface area contributed by atoms with Crippen molar-refractivity contribution >= 4 is 11.0 Å². The minimum absolute atomic E-state index is 0.258. The van der Waals surface area contributed by atoms with Crippen LogP contribution in [0.15, 0.2) is 30.3 Å². The van der Waals surface area contributed by atoms with Gasteiger partial charge in [-0.25, -0.2) is 4.98 Å². The van der Waals surface area contributed by atoms with Crippen molar-refractivity contribution in [2.75, 3.05) is 14.2 Å². The molecule has 0 fully saturated rings. The van der Waals surface area contributed by atoms with E-state index in [9.17, 15) is 5.11 Å². The molecule has 1 aliphatic rings. The lowest BCUT2D eigenvalue weighted by Crippen LogP contribution is -2.11. The lowest BCUT2D eigenvalue weighted by molar-refractivity contribution is 0.354. The Kier molecular flexibility index (Phi) is 2.76. The molecule has 0 spiro atoms. The number of aryl methyl sites for hydroxylation is 2. The van der Waals surface area contributed by atoms with E-state index in [1.165, 1.54) is 5.56 Å². The van der Waals surface area contributed by atoms with E-state index in [2.05, 4.69) is 4.57 Å². The number of phenolic OH excluding ortho intramolecular Hbond substituents is 1. The van der Waals surface area contributed by atoms with Crippen LogP contribution in [-0.2, 0) is 13.0 Å². The van der Waals surface area contributed by atoms with E-state index in [0.29, 0.717) is 5.75 Å². The van der Waals surface area contributed by atoms with E-state index in [1.54, 1.807) is 26.4 Å². The maximum absolute atomic E-state index is 9.72. The molecule has 1 aliphatic heterocycles. The maximum Gasteiger partial charge on any atom is 0.161 e. The minimum atomic E-state index is 0.258. The van der Waals surface area contributed by atoms with Crippen LogP contribution >= 0.6 is 0 Å². The molecule has 5 heteroatoms. The van der Waals surface area contributed by atoms with E-state index < -0.39 is 0 Å². The summed E-state index contributed by atoms with van der Waals surface area (Å²) in [6.07, 6.45) is 0.893. The van der Waals surface area contributed by atoms with Gasteiger partial charge in [-0.1, -0.05) is 0 Å². The van der Waals surface area contributed by atoms with Gasteiger partial charge in [-0.3, -0.25) is 0 Å².